The standard InChI is InChI=1S/C16H20N2O/c1-11-5-7-15(12(2)9-11)18(3)16-8-6-13(19-4)10-14(16)17/h5-10H,17H2,1-4H3. The van der Waals surface area contributed by atoms with Crippen LogP contribution in [0.15, 0.2) is 36.4 Å². The lowest BCUT2D eigenvalue weighted by Gasteiger charge is -2.23. The minimum Gasteiger partial charge on any atom is -0.497 e. The van der Waals surface area contributed by atoms with Gasteiger partial charge in [-0.15, -0.1) is 0 Å². The van der Waals surface area contributed by atoms with Crippen LogP contribution in [0.1, 0.15) is 11.1 Å². The van der Waals surface area contributed by atoms with Crippen molar-refractivity contribution in [3.05, 3.63) is 47.5 Å². The van der Waals surface area contributed by atoms with Gasteiger partial charge in [0.2, 0.25) is 0 Å². The summed E-state index contributed by atoms with van der Waals surface area (Å²) in [4.78, 5) is 2.10. The minimum atomic E-state index is 0.710. The number of rotatable bonds is 3. The molecule has 0 saturated heterocycles. The summed E-state index contributed by atoms with van der Waals surface area (Å²) < 4.78 is 5.18. The quantitative estimate of drug-likeness (QED) is 0.852. The van der Waals surface area contributed by atoms with Gasteiger partial charge in [0.05, 0.1) is 18.5 Å². The van der Waals surface area contributed by atoms with Crippen molar-refractivity contribution in [2.24, 2.45) is 0 Å². The molecule has 3 heteroatoms. The molecule has 0 heterocycles. The van der Waals surface area contributed by atoms with Crippen LogP contribution in [0, 0.1) is 13.8 Å². The van der Waals surface area contributed by atoms with Crippen LogP contribution in [0.3, 0.4) is 0 Å². The molecule has 0 unspecified atom stereocenters. The fourth-order valence-electron chi connectivity index (χ4n) is 2.28. The van der Waals surface area contributed by atoms with Crippen LogP contribution in [0.25, 0.3) is 0 Å². The number of hydrogen-bond donors (Lipinski definition) is 1. The average molecular weight is 256 g/mol. The summed E-state index contributed by atoms with van der Waals surface area (Å²) in [5.41, 5.74) is 11.4. The van der Waals surface area contributed by atoms with E-state index in [1.807, 2.05) is 25.2 Å². The summed E-state index contributed by atoms with van der Waals surface area (Å²) in [5.74, 6) is 0.773. The largest absolute Gasteiger partial charge is 0.497 e. The maximum Gasteiger partial charge on any atom is 0.121 e. The van der Waals surface area contributed by atoms with Crippen LogP contribution < -0.4 is 15.4 Å². The van der Waals surface area contributed by atoms with Crippen molar-refractivity contribution in [2.45, 2.75) is 13.8 Å². The van der Waals surface area contributed by atoms with Gasteiger partial charge in [-0.2, -0.15) is 0 Å². The van der Waals surface area contributed by atoms with Gasteiger partial charge in [-0.3, -0.25) is 0 Å². The zero-order chi connectivity index (χ0) is 14.0. The zero-order valence-electron chi connectivity index (χ0n) is 11.9. The second-order valence-electron chi connectivity index (χ2n) is 4.77. The van der Waals surface area contributed by atoms with E-state index < -0.39 is 0 Å². The van der Waals surface area contributed by atoms with E-state index in [1.54, 1.807) is 7.11 Å². The van der Waals surface area contributed by atoms with E-state index in [9.17, 15) is 0 Å². The molecule has 0 aliphatic rings. The van der Waals surface area contributed by atoms with E-state index in [4.69, 9.17) is 10.5 Å². The lowest BCUT2D eigenvalue weighted by molar-refractivity contribution is 0.415. The highest BCUT2D eigenvalue weighted by Gasteiger charge is 2.10. The SMILES string of the molecule is COc1ccc(N(C)c2ccc(C)cc2C)c(N)c1. The van der Waals surface area contributed by atoms with Gasteiger partial charge in [-0.1, -0.05) is 17.7 Å². The van der Waals surface area contributed by atoms with Crippen LogP contribution in [0.2, 0.25) is 0 Å². The van der Waals surface area contributed by atoms with Gasteiger partial charge in [0.15, 0.2) is 0 Å². The summed E-state index contributed by atoms with van der Waals surface area (Å²) in [6, 6.07) is 12.1. The molecule has 0 aliphatic carbocycles. The first kappa shape index (κ1) is 13.3. The molecule has 3 nitrogen and oxygen atoms in total. The fourth-order valence-corrected chi connectivity index (χ4v) is 2.28. The number of methoxy groups -OCH3 is 1. The molecule has 0 radical (unpaired) electrons. The van der Waals surface area contributed by atoms with Gasteiger partial charge in [0, 0.05) is 18.8 Å². The third-order valence-electron chi connectivity index (χ3n) is 3.31. The summed E-state index contributed by atoms with van der Waals surface area (Å²) >= 11 is 0. The van der Waals surface area contributed by atoms with Crippen LogP contribution >= 0.6 is 0 Å². The molecule has 2 rings (SSSR count). The van der Waals surface area contributed by atoms with Crippen molar-refractivity contribution in [1.82, 2.24) is 0 Å². The Labute approximate surface area is 114 Å². The second kappa shape index (κ2) is 5.22. The number of ether oxygens (including phenoxy) is 1. The second-order valence-corrected chi connectivity index (χ2v) is 4.77. The highest BCUT2D eigenvalue weighted by Crippen LogP contribution is 2.33. The molecule has 100 valence electrons. The Hall–Kier alpha value is -2.16. The Morgan fingerprint density at radius 2 is 1.68 bits per heavy atom. The lowest BCUT2D eigenvalue weighted by atomic mass is 10.1. The summed E-state index contributed by atoms with van der Waals surface area (Å²) in [6.45, 7) is 4.21. The number of aryl methyl sites for hydroxylation is 2. The summed E-state index contributed by atoms with van der Waals surface area (Å²) in [5, 5.41) is 0. The first-order valence-corrected chi connectivity index (χ1v) is 6.27. The van der Waals surface area contributed by atoms with Gasteiger partial charge in [0.1, 0.15) is 5.75 Å². The van der Waals surface area contributed by atoms with E-state index in [0.29, 0.717) is 5.69 Å². The average Bonchev–Trinajstić information content (AvgIpc) is 2.37. The number of benzene rings is 2. The molecule has 0 bridgehead atoms. The molecular weight excluding hydrogens is 236 g/mol. The van der Waals surface area contributed by atoms with Crippen molar-refractivity contribution >= 4 is 17.1 Å². The van der Waals surface area contributed by atoms with Gasteiger partial charge < -0.3 is 15.4 Å². The summed E-state index contributed by atoms with van der Waals surface area (Å²) in [6.07, 6.45) is 0. The predicted molar refractivity (Wildman–Crippen MR) is 81.4 cm³/mol. The Morgan fingerprint density at radius 3 is 2.26 bits per heavy atom. The normalized spacial score (nSPS) is 10.3. The smallest absolute Gasteiger partial charge is 0.121 e. The van der Waals surface area contributed by atoms with E-state index in [0.717, 1.165) is 17.1 Å². The molecule has 19 heavy (non-hydrogen) atoms. The number of nitrogens with zero attached hydrogens (tertiary/aromatic N) is 1. The van der Waals surface area contributed by atoms with Gasteiger partial charge in [-0.25, -0.2) is 0 Å². The zero-order valence-corrected chi connectivity index (χ0v) is 11.9. The number of anilines is 3. The maximum absolute atomic E-state index is 6.09. The van der Waals surface area contributed by atoms with Gasteiger partial charge in [-0.05, 0) is 37.6 Å². The van der Waals surface area contributed by atoms with E-state index in [2.05, 4.69) is 36.9 Å². The Kier molecular flexibility index (Phi) is 3.65. The van der Waals surface area contributed by atoms with E-state index in [1.165, 1.54) is 11.1 Å². The van der Waals surface area contributed by atoms with E-state index in [-0.39, 0.29) is 0 Å². The molecule has 0 atom stereocenters. The molecule has 0 aliphatic heterocycles. The molecule has 0 aromatic heterocycles. The van der Waals surface area contributed by atoms with Crippen LogP contribution in [0.5, 0.6) is 5.75 Å². The highest BCUT2D eigenvalue weighted by atomic mass is 16.5. The van der Waals surface area contributed by atoms with Crippen molar-refractivity contribution in [1.29, 1.82) is 0 Å². The van der Waals surface area contributed by atoms with Crippen molar-refractivity contribution in [3.8, 4) is 5.75 Å². The minimum absolute atomic E-state index is 0.710. The molecule has 2 aromatic carbocycles. The molecule has 2 N–H and O–H groups in total. The van der Waals surface area contributed by atoms with Gasteiger partial charge >= 0.3 is 0 Å². The lowest BCUT2D eigenvalue weighted by Crippen LogP contribution is -2.13. The Bertz CT molecular complexity index is 593. The number of nitrogens with two attached hydrogens (primary N) is 1. The van der Waals surface area contributed by atoms with E-state index >= 15 is 0 Å². The van der Waals surface area contributed by atoms with Crippen LogP contribution in [-0.4, -0.2) is 14.2 Å². The van der Waals surface area contributed by atoms with Crippen molar-refractivity contribution in [2.75, 3.05) is 24.8 Å². The summed E-state index contributed by atoms with van der Waals surface area (Å²) in [7, 11) is 3.66. The first-order chi connectivity index (χ1) is 9.02. The Balaban J connectivity index is 2.41. The van der Waals surface area contributed by atoms with Crippen LogP contribution in [-0.2, 0) is 0 Å². The molecule has 0 fully saturated rings. The van der Waals surface area contributed by atoms with Crippen molar-refractivity contribution < 1.29 is 4.74 Å². The third kappa shape index (κ3) is 2.65. The number of nitrogen functional groups attached to an aromatic ring is 1. The van der Waals surface area contributed by atoms with Gasteiger partial charge in [0.25, 0.3) is 0 Å². The molecule has 0 amide bonds. The fraction of sp³-hybridized carbons (Fsp3) is 0.250. The first-order valence-electron chi connectivity index (χ1n) is 6.27. The monoisotopic (exact) mass is 256 g/mol. The number of hydrogen-bond acceptors (Lipinski definition) is 3. The highest BCUT2D eigenvalue weighted by molar-refractivity contribution is 5.76. The Morgan fingerprint density at radius 1 is 1.00 bits per heavy atom. The topological polar surface area (TPSA) is 38.5 Å². The molecule has 2 aromatic rings. The molecule has 0 spiro atoms. The third-order valence-corrected chi connectivity index (χ3v) is 3.31. The molecular formula is C16H20N2O. The molecule has 0 saturated carbocycles. The van der Waals surface area contributed by atoms with Crippen LogP contribution in [0.4, 0.5) is 17.1 Å². The maximum atomic E-state index is 6.09. The van der Waals surface area contributed by atoms with Crippen molar-refractivity contribution in [3.63, 3.8) is 0 Å². The predicted octanol–water partition coefficient (Wildman–Crippen LogP) is 3.66.